The minimum absolute atomic E-state index is 0.0465. The summed E-state index contributed by atoms with van der Waals surface area (Å²) in [6.07, 6.45) is 1.14. The van der Waals surface area contributed by atoms with Crippen LogP contribution in [0.3, 0.4) is 0 Å². The molecule has 5 heteroatoms. The van der Waals surface area contributed by atoms with Crippen LogP contribution >= 0.6 is 0 Å². The Balaban J connectivity index is 3.24. The zero-order chi connectivity index (χ0) is 10.1. The fourth-order valence-corrected chi connectivity index (χ4v) is 0.746. The molecule has 0 unspecified atom stereocenters. The molecule has 0 saturated carbocycles. The van der Waals surface area contributed by atoms with E-state index in [1.54, 1.807) is 0 Å². The summed E-state index contributed by atoms with van der Waals surface area (Å²) in [6, 6.07) is 0.794. The van der Waals surface area contributed by atoms with Gasteiger partial charge in [-0.3, -0.25) is 0 Å². The van der Waals surface area contributed by atoms with Crippen molar-refractivity contribution in [1.29, 1.82) is 0 Å². The summed E-state index contributed by atoms with van der Waals surface area (Å²) in [6.45, 7) is 0. The Morgan fingerprint density at radius 3 is 2.54 bits per heavy atom. The monoisotopic (exact) mass is 186 g/mol. The second-order valence-corrected chi connectivity index (χ2v) is 2.30. The van der Waals surface area contributed by atoms with Gasteiger partial charge in [0.2, 0.25) is 0 Å². The van der Waals surface area contributed by atoms with E-state index in [0.717, 1.165) is 6.07 Å². The SMILES string of the molecule is C#Cc1cc(C(F)(F)F)cnc1N. The van der Waals surface area contributed by atoms with E-state index >= 15 is 0 Å². The second kappa shape index (κ2) is 2.98. The molecule has 0 bridgehead atoms. The summed E-state index contributed by atoms with van der Waals surface area (Å²) >= 11 is 0. The summed E-state index contributed by atoms with van der Waals surface area (Å²) < 4.78 is 36.3. The molecule has 68 valence electrons. The third kappa shape index (κ3) is 1.90. The lowest BCUT2D eigenvalue weighted by Gasteiger charge is -2.06. The number of nitrogen functional groups attached to an aromatic ring is 1. The molecule has 0 fully saturated rings. The van der Waals surface area contributed by atoms with Crippen LogP contribution < -0.4 is 5.73 Å². The standard InChI is InChI=1S/C8H5F3N2/c1-2-5-3-6(8(9,10)11)4-13-7(5)12/h1,3-4H,(H2,12,13). The van der Waals surface area contributed by atoms with E-state index in [1.165, 1.54) is 0 Å². The van der Waals surface area contributed by atoms with Gasteiger partial charge in [-0.1, -0.05) is 5.92 Å². The highest BCUT2D eigenvalue weighted by molar-refractivity contribution is 5.51. The maximum absolute atomic E-state index is 12.1. The molecule has 2 nitrogen and oxygen atoms in total. The molecule has 0 amide bonds. The third-order valence-electron chi connectivity index (χ3n) is 1.40. The molecule has 0 atom stereocenters. The maximum Gasteiger partial charge on any atom is 0.417 e. The van der Waals surface area contributed by atoms with Crippen LogP contribution in [0.25, 0.3) is 0 Å². The van der Waals surface area contributed by atoms with Gasteiger partial charge in [-0.2, -0.15) is 13.2 Å². The molecule has 0 aliphatic heterocycles. The molecule has 13 heavy (non-hydrogen) atoms. The van der Waals surface area contributed by atoms with Crippen molar-refractivity contribution in [3.8, 4) is 12.3 Å². The van der Waals surface area contributed by atoms with E-state index < -0.39 is 11.7 Å². The first-order valence-electron chi connectivity index (χ1n) is 3.24. The zero-order valence-electron chi connectivity index (χ0n) is 6.39. The molecule has 0 saturated heterocycles. The van der Waals surface area contributed by atoms with Gasteiger partial charge < -0.3 is 5.73 Å². The number of anilines is 1. The van der Waals surface area contributed by atoms with Gasteiger partial charge in [-0.05, 0) is 6.07 Å². The molecule has 0 aliphatic carbocycles. The molecule has 0 aliphatic rings. The van der Waals surface area contributed by atoms with Gasteiger partial charge >= 0.3 is 6.18 Å². The first-order valence-corrected chi connectivity index (χ1v) is 3.24. The van der Waals surface area contributed by atoms with Crippen molar-refractivity contribution >= 4 is 5.82 Å². The lowest BCUT2D eigenvalue weighted by molar-refractivity contribution is -0.137. The predicted molar refractivity (Wildman–Crippen MR) is 41.6 cm³/mol. The largest absolute Gasteiger partial charge is 0.417 e. The van der Waals surface area contributed by atoms with Gasteiger partial charge in [-0.25, -0.2) is 4.98 Å². The Kier molecular flexibility index (Phi) is 2.15. The number of hydrogen-bond acceptors (Lipinski definition) is 2. The Labute approximate surface area is 72.6 Å². The summed E-state index contributed by atoms with van der Waals surface area (Å²) in [5, 5.41) is 0. The number of rotatable bonds is 0. The van der Waals surface area contributed by atoms with Crippen molar-refractivity contribution in [3.63, 3.8) is 0 Å². The number of halogens is 3. The van der Waals surface area contributed by atoms with Crippen molar-refractivity contribution in [1.82, 2.24) is 4.98 Å². The van der Waals surface area contributed by atoms with Gasteiger partial charge in [0.25, 0.3) is 0 Å². The Morgan fingerprint density at radius 2 is 2.08 bits per heavy atom. The lowest BCUT2D eigenvalue weighted by atomic mass is 10.2. The van der Waals surface area contributed by atoms with Gasteiger partial charge in [-0.15, -0.1) is 6.42 Å². The van der Waals surface area contributed by atoms with E-state index in [9.17, 15) is 13.2 Å². The quantitative estimate of drug-likeness (QED) is 0.626. The molecule has 1 aromatic heterocycles. The van der Waals surface area contributed by atoms with Crippen molar-refractivity contribution in [2.75, 3.05) is 5.73 Å². The number of nitrogens with zero attached hydrogens (tertiary/aromatic N) is 1. The zero-order valence-corrected chi connectivity index (χ0v) is 6.39. The summed E-state index contributed by atoms with van der Waals surface area (Å²) in [5.74, 6) is 1.95. The van der Waals surface area contributed by atoms with Crippen molar-refractivity contribution in [2.45, 2.75) is 6.18 Å². The van der Waals surface area contributed by atoms with Crippen LogP contribution in [0.5, 0.6) is 0 Å². The first kappa shape index (κ1) is 9.39. The molecule has 1 rings (SSSR count). The van der Waals surface area contributed by atoms with Crippen molar-refractivity contribution < 1.29 is 13.2 Å². The normalized spacial score (nSPS) is 10.9. The van der Waals surface area contributed by atoms with E-state index in [-0.39, 0.29) is 11.4 Å². The molecular formula is C8H5F3N2. The third-order valence-corrected chi connectivity index (χ3v) is 1.40. The topological polar surface area (TPSA) is 38.9 Å². The molecule has 0 radical (unpaired) electrons. The van der Waals surface area contributed by atoms with Crippen molar-refractivity contribution in [2.24, 2.45) is 0 Å². The van der Waals surface area contributed by atoms with Gasteiger partial charge in [0, 0.05) is 6.20 Å². The lowest BCUT2D eigenvalue weighted by Crippen LogP contribution is -2.07. The highest BCUT2D eigenvalue weighted by Gasteiger charge is 2.31. The van der Waals surface area contributed by atoms with E-state index in [4.69, 9.17) is 12.2 Å². The van der Waals surface area contributed by atoms with Crippen LogP contribution in [-0.4, -0.2) is 4.98 Å². The van der Waals surface area contributed by atoms with Crippen LogP contribution in [0.1, 0.15) is 11.1 Å². The molecule has 1 heterocycles. The Morgan fingerprint density at radius 1 is 1.46 bits per heavy atom. The number of alkyl halides is 3. The van der Waals surface area contributed by atoms with Crippen molar-refractivity contribution in [3.05, 3.63) is 23.4 Å². The minimum atomic E-state index is -4.44. The van der Waals surface area contributed by atoms with Crippen LogP contribution in [0.2, 0.25) is 0 Å². The number of nitrogens with two attached hydrogens (primary N) is 1. The highest BCUT2D eigenvalue weighted by Crippen LogP contribution is 2.29. The number of pyridine rings is 1. The maximum atomic E-state index is 12.1. The van der Waals surface area contributed by atoms with Crippen LogP contribution in [-0.2, 0) is 6.18 Å². The highest BCUT2D eigenvalue weighted by atomic mass is 19.4. The number of terminal acetylenes is 1. The predicted octanol–water partition coefficient (Wildman–Crippen LogP) is 1.66. The van der Waals surface area contributed by atoms with Crippen LogP contribution in [0.15, 0.2) is 12.3 Å². The molecular weight excluding hydrogens is 181 g/mol. The van der Waals surface area contributed by atoms with E-state index in [2.05, 4.69) is 4.98 Å². The minimum Gasteiger partial charge on any atom is -0.383 e. The molecule has 0 spiro atoms. The fraction of sp³-hybridized carbons (Fsp3) is 0.125. The molecule has 0 aromatic carbocycles. The van der Waals surface area contributed by atoms with Crippen LogP contribution in [0, 0.1) is 12.3 Å². The smallest absolute Gasteiger partial charge is 0.383 e. The Hall–Kier alpha value is -1.70. The first-order chi connectivity index (χ1) is 5.95. The number of hydrogen-bond donors (Lipinski definition) is 1. The van der Waals surface area contributed by atoms with E-state index in [1.807, 2.05) is 5.92 Å². The van der Waals surface area contributed by atoms with E-state index in [0.29, 0.717) is 6.20 Å². The van der Waals surface area contributed by atoms with Gasteiger partial charge in [0.1, 0.15) is 5.82 Å². The average Bonchev–Trinajstić information content (AvgIpc) is 2.03. The van der Waals surface area contributed by atoms with Gasteiger partial charge in [0.05, 0.1) is 11.1 Å². The molecule has 1 aromatic rings. The number of aromatic nitrogens is 1. The summed E-state index contributed by atoms with van der Waals surface area (Å²) in [4.78, 5) is 3.33. The Bertz CT molecular complexity index is 363. The summed E-state index contributed by atoms with van der Waals surface area (Å²) in [7, 11) is 0. The summed E-state index contributed by atoms with van der Waals surface area (Å²) in [5.41, 5.74) is 4.28. The average molecular weight is 186 g/mol. The molecule has 2 N–H and O–H groups in total. The second-order valence-electron chi connectivity index (χ2n) is 2.30. The van der Waals surface area contributed by atoms with Gasteiger partial charge in [0.15, 0.2) is 0 Å². The fourth-order valence-electron chi connectivity index (χ4n) is 0.746. The van der Waals surface area contributed by atoms with Crippen LogP contribution in [0.4, 0.5) is 19.0 Å².